The minimum atomic E-state index is -0.519. The summed E-state index contributed by atoms with van der Waals surface area (Å²) < 4.78 is 13.6. The molecule has 1 saturated heterocycles. The fourth-order valence-electron chi connectivity index (χ4n) is 3.93. The standard InChI is InChI=1S/C19H21FN4O2S/c20-13-2-1-12-3-8-24(15(12)9-13)14-4-6-23(7-5-14)18(25)10-17-22-11-16(27-17)19(21)26/h1-2,9,11,14H,3-8,10H2,(H2,21,26). The lowest BCUT2D eigenvalue weighted by atomic mass is 10.0. The molecule has 1 fully saturated rings. The van der Waals surface area contributed by atoms with E-state index in [-0.39, 0.29) is 18.1 Å². The quantitative estimate of drug-likeness (QED) is 0.869. The van der Waals surface area contributed by atoms with Crippen LogP contribution < -0.4 is 10.6 Å². The van der Waals surface area contributed by atoms with Gasteiger partial charge in [-0.2, -0.15) is 0 Å². The molecule has 3 heterocycles. The van der Waals surface area contributed by atoms with Crippen LogP contribution in [0.1, 0.15) is 33.1 Å². The van der Waals surface area contributed by atoms with Crippen LogP contribution in [-0.2, 0) is 17.6 Å². The number of thiazole rings is 1. The molecule has 2 amide bonds. The zero-order chi connectivity index (χ0) is 19.0. The topological polar surface area (TPSA) is 79.5 Å². The number of amides is 2. The molecule has 142 valence electrons. The highest BCUT2D eigenvalue weighted by atomic mass is 32.1. The largest absolute Gasteiger partial charge is 0.368 e. The van der Waals surface area contributed by atoms with E-state index in [2.05, 4.69) is 9.88 Å². The second-order valence-corrected chi connectivity index (χ2v) is 8.10. The normalized spacial score (nSPS) is 17.2. The molecule has 0 radical (unpaired) electrons. The van der Waals surface area contributed by atoms with E-state index in [9.17, 15) is 14.0 Å². The molecule has 0 unspecified atom stereocenters. The highest BCUT2D eigenvalue weighted by Gasteiger charge is 2.31. The van der Waals surface area contributed by atoms with Crippen molar-refractivity contribution in [3.05, 3.63) is 45.7 Å². The summed E-state index contributed by atoms with van der Waals surface area (Å²) in [6.45, 7) is 2.27. The number of primary amides is 1. The van der Waals surface area contributed by atoms with E-state index < -0.39 is 5.91 Å². The van der Waals surface area contributed by atoms with Crippen LogP contribution in [0.25, 0.3) is 0 Å². The predicted octanol–water partition coefficient (Wildman–Crippen LogP) is 1.98. The van der Waals surface area contributed by atoms with E-state index in [1.54, 1.807) is 6.07 Å². The van der Waals surface area contributed by atoms with Gasteiger partial charge >= 0.3 is 0 Å². The third-order valence-electron chi connectivity index (χ3n) is 5.34. The van der Waals surface area contributed by atoms with Crippen molar-refractivity contribution in [3.63, 3.8) is 0 Å². The average molecular weight is 388 g/mol. The number of likely N-dealkylation sites (tertiary alicyclic amines) is 1. The van der Waals surface area contributed by atoms with Gasteiger partial charge in [-0.25, -0.2) is 9.37 Å². The number of anilines is 1. The number of hydrogen-bond acceptors (Lipinski definition) is 5. The Balaban J connectivity index is 1.34. The van der Waals surface area contributed by atoms with Gasteiger partial charge in [0.1, 0.15) is 15.7 Å². The predicted molar refractivity (Wildman–Crippen MR) is 101 cm³/mol. The van der Waals surface area contributed by atoms with Gasteiger partial charge in [-0.05, 0) is 37.0 Å². The highest BCUT2D eigenvalue weighted by molar-refractivity contribution is 7.13. The number of carbonyl (C=O) groups is 2. The summed E-state index contributed by atoms with van der Waals surface area (Å²) >= 11 is 1.17. The van der Waals surface area contributed by atoms with Gasteiger partial charge in [0, 0.05) is 31.4 Å². The van der Waals surface area contributed by atoms with Gasteiger partial charge in [-0.1, -0.05) is 6.07 Å². The summed E-state index contributed by atoms with van der Waals surface area (Å²) in [5, 5.41) is 0.611. The number of nitrogens with two attached hydrogens (primary N) is 1. The second kappa shape index (κ2) is 7.26. The smallest absolute Gasteiger partial charge is 0.260 e. The number of hydrogen-bond donors (Lipinski definition) is 1. The van der Waals surface area contributed by atoms with Crippen LogP contribution in [0.3, 0.4) is 0 Å². The maximum absolute atomic E-state index is 13.6. The Kier molecular flexibility index (Phi) is 4.82. The lowest BCUT2D eigenvalue weighted by Crippen LogP contribution is -2.46. The van der Waals surface area contributed by atoms with Gasteiger partial charge in [-0.3, -0.25) is 9.59 Å². The second-order valence-electron chi connectivity index (χ2n) is 6.99. The molecule has 2 aliphatic rings. The number of halogens is 1. The molecule has 8 heteroatoms. The third kappa shape index (κ3) is 3.66. The molecule has 0 saturated carbocycles. The van der Waals surface area contributed by atoms with Crippen molar-refractivity contribution < 1.29 is 14.0 Å². The number of carbonyl (C=O) groups excluding carboxylic acids is 2. The van der Waals surface area contributed by atoms with E-state index in [1.807, 2.05) is 11.0 Å². The highest BCUT2D eigenvalue weighted by Crippen LogP contribution is 2.33. The van der Waals surface area contributed by atoms with Crippen LogP contribution in [0, 0.1) is 5.82 Å². The Morgan fingerprint density at radius 1 is 1.26 bits per heavy atom. The first-order valence-corrected chi connectivity index (χ1v) is 9.90. The van der Waals surface area contributed by atoms with E-state index >= 15 is 0 Å². The van der Waals surface area contributed by atoms with Gasteiger partial charge in [0.25, 0.3) is 5.91 Å². The monoisotopic (exact) mass is 388 g/mol. The Labute approximate surface area is 160 Å². The van der Waals surface area contributed by atoms with Crippen molar-refractivity contribution in [2.75, 3.05) is 24.5 Å². The maximum Gasteiger partial charge on any atom is 0.260 e. The van der Waals surface area contributed by atoms with Crippen molar-refractivity contribution in [1.29, 1.82) is 0 Å². The van der Waals surface area contributed by atoms with Crippen molar-refractivity contribution in [2.45, 2.75) is 31.7 Å². The number of benzene rings is 1. The van der Waals surface area contributed by atoms with Crippen molar-refractivity contribution >= 4 is 28.8 Å². The molecular formula is C19H21FN4O2S. The van der Waals surface area contributed by atoms with Gasteiger partial charge in [0.05, 0.1) is 12.6 Å². The molecule has 6 nitrogen and oxygen atoms in total. The number of aromatic nitrogens is 1. The van der Waals surface area contributed by atoms with Crippen molar-refractivity contribution in [2.24, 2.45) is 5.73 Å². The molecule has 2 aromatic rings. The molecule has 1 aromatic heterocycles. The first-order valence-electron chi connectivity index (χ1n) is 9.08. The van der Waals surface area contributed by atoms with E-state index in [4.69, 9.17) is 5.73 Å². The lowest BCUT2D eigenvalue weighted by Gasteiger charge is -2.38. The van der Waals surface area contributed by atoms with Crippen LogP contribution in [-0.4, -0.2) is 47.4 Å². The first kappa shape index (κ1) is 17.9. The molecule has 4 rings (SSSR count). The Hall–Kier alpha value is -2.48. The van der Waals surface area contributed by atoms with E-state index in [1.165, 1.54) is 29.2 Å². The van der Waals surface area contributed by atoms with E-state index in [0.717, 1.165) is 31.5 Å². The summed E-state index contributed by atoms with van der Waals surface area (Å²) in [5.41, 5.74) is 7.43. The Bertz CT molecular complexity index is 876. The Morgan fingerprint density at radius 2 is 2.04 bits per heavy atom. The van der Waals surface area contributed by atoms with Crippen LogP contribution in [0.15, 0.2) is 24.4 Å². The van der Waals surface area contributed by atoms with Gasteiger partial charge in [0.2, 0.25) is 5.91 Å². The fraction of sp³-hybridized carbons (Fsp3) is 0.421. The molecule has 2 aliphatic heterocycles. The summed E-state index contributed by atoms with van der Waals surface area (Å²) in [7, 11) is 0. The zero-order valence-corrected chi connectivity index (χ0v) is 15.7. The van der Waals surface area contributed by atoms with Crippen LogP contribution in [0.2, 0.25) is 0 Å². The molecule has 0 spiro atoms. The zero-order valence-electron chi connectivity index (χ0n) is 14.9. The third-order valence-corrected chi connectivity index (χ3v) is 6.35. The van der Waals surface area contributed by atoms with Crippen LogP contribution in [0.4, 0.5) is 10.1 Å². The molecule has 0 aliphatic carbocycles. The van der Waals surface area contributed by atoms with Gasteiger partial charge < -0.3 is 15.5 Å². The number of fused-ring (bicyclic) bond motifs is 1. The lowest BCUT2D eigenvalue weighted by molar-refractivity contribution is -0.131. The molecule has 27 heavy (non-hydrogen) atoms. The van der Waals surface area contributed by atoms with E-state index in [0.29, 0.717) is 29.0 Å². The van der Waals surface area contributed by atoms with Crippen LogP contribution >= 0.6 is 11.3 Å². The SMILES string of the molecule is NC(=O)c1cnc(CC(=O)N2CCC(N3CCc4ccc(F)cc43)CC2)s1. The maximum atomic E-state index is 13.6. The fourth-order valence-corrected chi connectivity index (χ4v) is 4.69. The summed E-state index contributed by atoms with van der Waals surface area (Å²) in [6, 6.07) is 5.35. The minimum absolute atomic E-state index is 0.0201. The molecule has 0 atom stereocenters. The minimum Gasteiger partial charge on any atom is -0.368 e. The number of rotatable bonds is 4. The Morgan fingerprint density at radius 3 is 2.74 bits per heavy atom. The average Bonchev–Trinajstić information content (AvgIpc) is 3.28. The van der Waals surface area contributed by atoms with Gasteiger partial charge in [-0.15, -0.1) is 11.3 Å². The summed E-state index contributed by atoms with van der Waals surface area (Å²) in [5.74, 6) is -0.701. The van der Waals surface area contributed by atoms with Crippen molar-refractivity contribution in [3.8, 4) is 0 Å². The molecule has 2 N–H and O–H groups in total. The number of nitrogens with zero attached hydrogens (tertiary/aromatic N) is 3. The van der Waals surface area contributed by atoms with Crippen molar-refractivity contribution in [1.82, 2.24) is 9.88 Å². The van der Waals surface area contributed by atoms with Gasteiger partial charge in [0.15, 0.2) is 0 Å². The van der Waals surface area contributed by atoms with Crippen LogP contribution in [0.5, 0.6) is 0 Å². The molecule has 0 bridgehead atoms. The number of piperidine rings is 1. The molecular weight excluding hydrogens is 367 g/mol. The summed E-state index contributed by atoms with van der Waals surface area (Å²) in [6.07, 6.45) is 4.30. The molecule has 1 aromatic carbocycles. The first-order chi connectivity index (χ1) is 13.0. The summed E-state index contributed by atoms with van der Waals surface area (Å²) in [4.78, 5) is 32.3.